The van der Waals surface area contributed by atoms with E-state index in [0.717, 1.165) is 43.5 Å². The molecule has 1 spiro atoms. The summed E-state index contributed by atoms with van der Waals surface area (Å²) in [7, 11) is 1.78. The molecule has 2 fully saturated rings. The first kappa shape index (κ1) is 22.8. The number of amides is 1. The summed E-state index contributed by atoms with van der Waals surface area (Å²) in [5.74, 6) is 0.237. The van der Waals surface area contributed by atoms with Crippen molar-refractivity contribution >= 4 is 17.7 Å². The number of aromatic hydroxyl groups is 1. The van der Waals surface area contributed by atoms with Crippen LogP contribution in [0.2, 0.25) is 0 Å². The second kappa shape index (κ2) is 8.23. The van der Waals surface area contributed by atoms with E-state index in [9.17, 15) is 20.0 Å². The van der Waals surface area contributed by atoms with Gasteiger partial charge in [-0.2, -0.15) is 0 Å². The number of nitro benzene ring substituents is 1. The van der Waals surface area contributed by atoms with Gasteiger partial charge in [0.05, 0.1) is 29.6 Å². The zero-order valence-corrected chi connectivity index (χ0v) is 20.1. The van der Waals surface area contributed by atoms with Crippen molar-refractivity contribution in [1.29, 1.82) is 0 Å². The van der Waals surface area contributed by atoms with E-state index in [-0.39, 0.29) is 41.4 Å². The van der Waals surface area contributed by atoms with Gasteiger partial charge in [0.1, 0.15) is 6.10 Å². The molecule has 0 unspecified atom stereocenters. The second-order valence-corrected chi connectivity index (χ2v) is 10.3. The average molecular weight is 492 g/mol. The van der Waals surface area contributed by atoms with E-state index in [4.69, 9.17) is 9.15 Å². The van der Waals surface area contributed by atoms with E-state index < -0.39 is 10.3 Å². The number of carbonyl (C=O) groups is 1. The topological polar surface area (TPSA) is 109 Å². The first-order chi connectivity index (χ1) is 17.4. The van der Waals surface area contributed by atoms with Crippen LogP contribution < -0.4 is 4.74 Å². The molecule has 9 nitrogen and oxygen atoms in total. The molecule has 1 aromatic carbocycles. The predicted molar refractivity (Wildman–Crippen MR) is 132 cm³/mol. The maximum Gasteiger partial charge on any atom is 0.276 e. The molecule has 2 aliphatic heterocycles. The van der Waals surface area contributed by atoms with E-state index in [1.165, 1.54) is 12.1 Å². The molecule has 2 aliphatic carbocycles. The normalized spacial score (nSPS) is 30.0. The van der Waals surface area contributed by atoms with Gasteiger partial charge in [-0.05, 0) is 50.3 Å². The molecule has 6 rings (SSSR count). The first-order valence-corrected chi connectivity index (χ1v) is 12.4. The number of ether oxygens (including phenoxy) is 1. The van der Waals surface area contributed by atoms with Crippen molar-refractivity contribution in [1.82, 2.24) is 9.80 Å². The molecular weight excluding hydrogens is 462 g/mol. The van der Waals surface area contributed by atoms with Crippen LogP contribution in [0.25, 0.3) is 6.08 Å². The van der Waals surface area contributed by atoms with Crippen LogP contribution >= 0.6 is 0 Å². The maximum atomic E-state index is 13.2. The number of nitrogens with zero attached hydrogens (tertiary/aromatic N) is 3. The molecule has 1 saturated carbocycles. The van der Waals surface area contributed by atoms with Gasteiger partial charge in [0.15, 0.2) is 11.5 Å². The molecule has 1 N–H and O–H groups in total. The number of carbonyl (C=O) groups excluding carboxylic acids is 1. The van der Waals surface area contributed by atoms with E-state index in [2.05, 4.69) is 11.5 Å². The molecule has 9 heteroatoms. The number of benzene rings is 1. The van der Waals surface area contributed by atoms with Gasteiger partial charge in [0.25, 0.3) is 5.69 Å². The summed E-state index contributed by atoms with van der Waals surface area (Å²) < 4.78 is 11.6. The number of rotatable bonds is 6. The number of phenolic OH excluding ortho intramolecular Hbond substituents is 1. The minimum absolute atomic E-state index is 0.0478. The standard InChI is InChI=1S/C27H29N3O6/c1-3-10-29-11-9-27-18-5-6-19(28(2)23(32)7-4-16-8-12-35-15-16)26(27)36-25-22(31)14-20(30(33)34)17(24(25)27)13-21(18)29/h3-4,7-8,12,14-15,18-19,21,26,31H,1,5-6,9-11,13H2,2H3/b7-4+/t18-,19+,21+,26-,27-/m0/s1. The first-order valence-electron chi connectivity index (χ1n) is 12.4. The van der Waals surface area contributed by atoms with Crippen molar-refractivity contribution < 1.29 is 24.0 Å². The third kappa shape index (κ3) is 3.08. The van der Waals surface area contributed by atoms with Crippen LogP contribution in [0.1, 0.15) is 36.0 Å². The number of nitro groups is 1. The lowest BCUT2D eigenvalue weighted by atomic mass is 9.50. The summed E-state index contributed by atoms with van der Waals surface area (Å²) in [4.78, 5) is 28.9. The highest BCUT2D eigenvalue weighted by Gasteiger charge is 2.67. The Morgan fingerprint density at radius 2 is 2.28 bits per heavy atom. The molecule has 0 radical (unpaired) electrons. The quantitative estimate of drug-likeness (QED) is 0.284. The van der Waals surface area contributed by atoms with Crippen LogP contribution in [0.3, 0.4) is 0 Å². The Bertz CT molecular complexity index is 1270. The number of furan rings is 1. The molecule has 2 bridgehead atoms. The zero-order valence-electron chi connectivity index (χ0n) is 20.1. The minimum atomic E-state index is -0.486. The van der Waals surface area contributed by atoms with Crippen molar-refractivity contribution in [2.45, 2.75) is 49.3 Å². The predicted octanol–water partition coefficient (Wildman–Crippen LogP) is 3.66. The van der Waals surface area contributed by atoms with Crippen LogP contribution in [0, 0.1) is 16.0 Å². The summed E-state index contributed by atoms with van der Waals surface area (Å²) in [6.07, 6.45) is 10.8. The zero-order chi connectivity index (χ0) is 25.2. The third-order valence-electron chi connectivity index (χ3n) is 8.87. The van der Waals surface area contributed by atoms with Crippen molar-refractivity contribution in [3.63, 3.8) is 0 Å². The highest BCUT2D eigenvalue weighted by molar-refractivity contribution is 5.92. The molecule has 1 saturated heterocycles. The molecule has 5 atom stereocenters. The summed E-state index contributed by atoms with van der Waals surface area (Å²) in [5.41, 5.74) is 1.74. The van der Waals surface area contributed by atoms with Crippen molar-refractivity contribution in [3.05, 3.63) is 70.2 Å². The van der Waals surface area contributed by atoms with Gasteiger partial charge in [-0.3, -0.25) is 19.8 Å². The lowest BCUT2D eigenvalue weighted by Gasteiger charge is -2.60. The van der Waals surface area contributed by atoms with Crippen molar-refractivity contribution in [2.24, 2.45) is 5.92 Å². The van der Waals surface area contributed by atoms with Crippen molar-refractivity contribution in [2.75, 3.05) is 20.1 Å². The Kier molecular flexibility index (Phi) is 5.22. The average Bonchev–Trinajstić information content (AvgIpc) is 3.50. The number of hydrogen-bond acceptors (Lipinski definition) is 7. The monoisotopic (exact) mass is 491 g/mol. The van der Waals surface area contributed by atoms with Crippen LogP contribution in [0.4, 0.5) is 5.69 Å². The Morgan fingerprint density at radius 1 is 1.44 bits per heavy atom. The molecule has 4 aliphatic rings. The molecule has 1 amide bonds. The van der Waals surface area contributed by atoms with Gasteiger partial charge >= 0.3 is 0 Å². The fraction of sp³-hybridized carbons (Fsp3) is 0.444. The number of hydrogen-bond donors (Lipinski definition) is 1. The Balaban J connectivity index is 1.43. The van der Waals surface area contributed by atoms with Crippen LogP contribution in [0.15, 0.2) is 47.8 Å². The molecular formula is C27H29N3O6. The summed E-state index contributed by atoms with van der Waals surface area (Å²) in [6, 6.07) is 2.90. The maximum absolute atomic E-state index is 13.2. The van der Waals surface area contributed by atoms with E-state index >= 15 is 0 Å². The molecule has 188 valence electrons. The third-order valence-corrected chi connectivity index (χ3v) is 8.87. The van der Waals surface area contributed by atoms with E-state index in [0.29, 0.717) is 17.7 Å². The Labute approximate surface area is 208 Å². The summed E-state index contributed by atoms with van der Waals surface area (Å²) in [6.45, 7) is 5.44. The van der Waals surface area contributed by atoms with Crippen LogP contribution in [0.5, 0.6) is 11.5 Å². The fourth-order valence-electron chi connectivity index (χ4n) is 7.43. The Hall–Kier alpha value is -3.59. The lowest BCUT2D eigenvalue weighted by Crippen LogP contribution is -2.68. The van der Waals surface area contributed by atoms with Gasteiger partial charge < -0.3 is 19.2 Å². The van der Waals surface area contributed by atoms with Gasteiger partial charge in [-0.25, -0.2) is 0 Å². The number of phenols is 1. The minimum Gasteiger partial charge on any atom is -0.504 e. The van der Waals surface area contributed by atoms with Gasteiger partial charge in [-0.1, -0.05) is 6.08 Å². The SMILES string of the molecule is C=CCN1CC[C@]23c4c5c([N+](=O)[O-])cc(O)c4O[C@H]2[C@H](N(C)C(=O)/C=C/c2ccoc2)CC[C@H]3[C@H]1C5. The number of likely N-dealkylation sites (N-methyl/N-ethyl adjacent to an activating group) is 1. The molecule has 36 heavy (non-hydrogen) atoms. The molecule has 1 aromatic heterocycles. The molecule has 3 heterocycles. The van der Waals surface area contributed by atoms with Gasteiger partial charge in [-0.15, -0.1) is 6.58 Å². The smallest absolute Gasteiger partial charge is 0.276 e. The van der Waals surface area contributed by atoms with E-state index in [1.807, 2.05) is 6.08 Å². The largest absolute Gasteiger partial charge is 0.504 e. The summed E-state index contributed by atoms with van der Waals surface area (Å²) in [5, 5.41) is 22.9. The second-order valence-electron chi connectivity index (χ2n) is 10.3. The van der Waals surface area contributed by atoms with Crippen LogP contribution in [-0.4, -0.2) is 64.1 Å². The fourth-order valence-corrected chi connectivity index (χ4v) is 7.43. The number of piperidine rings is 1. The van der Waals surface area contributed by atoms with Gasteiger partial charge in [0, 0.05) is 47.8 Å². The van der Waals surface area contributed by atoms with Crippen molar-refractivity contribution in [3.8, 4) is 11.5 Å². The highest BCUT2D eigenvalue weighted by atomic mass is 16.6. The lowest BCUT2D eigenvalue weighted by molar-refractivity contribution is -0.385. The molecule has 2 aromatic rings. The highest BCUT2D eigenvalue weighted by Crippen LogP contribution is 2.65. The summed E-state index contributed by atoms with van der Waals surface area (Å²) >= 11 is 0. The van der Waals surface area contributed by atoms with E-state index in [1.54, 1.807) is 36.6 Å². The number of likely N-dealkylation sites (tertiary alicyclic amines) is 1. The Morgan fingerprint density at radius 3 is 3.00 bits per heavy atom. The van der Waals surface area contributed by atoms with Gasteiger partial charge in [0.2, 0.25) is 5.91 Å². The van der Waals surface area contributed by atoms with Crippen LogP contribution in [-0.2, 0) is 16.6 Å².